The smallest absolute Gasteiger partial charge is 0.221 e. The summed E-state index contributed by atoms with van der Waals surface area (Å²) in [6.45, 7) is 0.434. The highest BCUT2D eigenvalue weighted by Gasteiger charge is 2.04. The van der Waals surface area contributed by atoms with Crippen LogP contribution in [0.15, 0.2) is 41.0 Å². The Kier molecular flexibility index (Phi) is 6.49. The van der Waals surface area contributed by atoms with Gasteiger partial charge >= 0.3 is 0 Å². The molecule has 0 atom stereocenters. The molecule has 1 amide bonds. The number of carbonyl (C=O) groups is 1. The Labute approximate surface area is 138 Å². The van der Waals surface area contributed by atoms with Gasteiger partial charge in [0.05, 0.1) is 22.9 Å². The van der Waals surface area contributed by atoms with E-state index in [4.69, 9.17) is 27.6 Å². The van der Waals surface area contributed by atoms with Crippen LogP contribution in [0.2, 0.25) is 10.0 Å². The fourth-order valence-corrected chi connectivity index (χ4v) is 2.88. The molecule has 2 aromatic rings. The maximum atomic E-state index is 11.6. The van der Waals surface area contributed by atoms with Crippen molar-refractivity contribution in [1.82, 2.24) is 5.32 Å². The van der Waals surface area contributed by atoms with E-state index in [9.17, 15) is 4.79 Å². The Morgan fingerprint density at radius 1 is 1.24 bits per heavy atom. The molecule has 0 bridgehead atoms. The Hall–Kier alpha value is -1.10. The number of hydrogen-bond donors (Lipinski definition) is 1. The summed E-state index contributed by atoms with van der Waals surface area (Å²) in [5, 5.41) is 3.93. The molecule has 0 aliphatic carbocycles. The summed E-state index contributed by atoms with van der Waals surface area (Å²) in [6.07, 6.45) is 2.07. The second-order valence-electron chi connectivity index (χ2n) is 4.41. The van der Waals surface area contributed by atoms with Crippen molar-refractivity contribution in [2.75, 3.05) is 5.75 Å². The summed E-state index contributed by atoms with van der Waals surface area (Å²) in [4.78, 5) is 11.6. The van der Waals surface area contributed by atoms with Gasteiger partial charge in [-0.15, -0.1) is 0 Å². The number of furan rings is 1. The average molecular weight is 344 g/mol. The number of benzene rings is 1. The van der Waals surface area contributed by atoms with Gasteiger partial charge in [0.2, 0.25) is 5.91 Å². The molecule has 3 nitrogen and oxygen atoms in total. The minimum atomic E-state index is 0.0213. The van der Waals surface area contributed by atoms with Crippen molar-refractivity contribution in [2.45, 2.75) is 18.7 Å². The van der Waals surface area contributed by atoms with Crippen molar-refractivity contribution in [3.63, 3.8) is 0 Å². The molecule has 6 heteroatoms. The molecule has 0 saturated heterocycles. The zero-order valence-corrected chi connectivity index (χ0v) is 13.6. The first-order chi connectivity index (χ1) is 10.1. The van der Waals surface area contributed by atoms with Crippen LogP contribution in [0.5, 0.6) is 0 Å². The third-order valence-electron chi connectivity index (χ3n) is 2.77. The van der Waals surface area contributed by atoms with Gasteiger partial charge in [-0.3, -0.25) is 4.79 Å². The summed E-state index contributed by atoms with van der Waals surface area (Å²) in [5.41, 5.74) is 1.10. The van der Waals surface area contributed by atoms with Gasteiger partial charge in [-0.1, -0.05) is 29.3 Å². The molecule has 0 aliphatic rings. The predicted octanol–water partition coefficient (Wildman–Crippen LogP) is 4.53. The Morgan fingerprint density at radius 3 is 2.81 bits per heavy atom. The lowest BCUT2D eigenvalue weighted by atomic mass is 10.2. The van der Waals surface area contributed by atoms with Crippen molar-refractivity contribution in [2.24, 2.45) is 0 Å². The quantitative estimate of drug-likeness (QED) is 0.751. The van der Waals surface area contributed by atoms with Crippen LogP contribution in [0.3, 0.4) is 0 Å². The first-order valence-corrected chi connectivity index (χ1v) is 8.37. The number of thioether (sulfide) groups is 1. The van der Waals surface area contributed by atoms with Crippen molar-refractivity contribution in [1.29, 1.82) is 0 Å². The van der Waals surface area contributed by atoms with E-state index >= 15 is 0 Å². The minimum Gasteiger partial charge on any atom is -0.467 e. The highest BCUT2D eigenvalue weighted by atomic mass is 35.5. The van der Waals surface area contributed by atoms with Crippen molar-refractivity contribution in [3.8, 4) is 0 Å². The SMILES string of the molecule is O=C(CCSCc1ccc(Cl)c(Cl)c1)NCc1ccco1. The lowest BCUT2D eigenvalue weighted by Crippen LogP contribution is -2.22. The molecule has 0 fully saturated rings. The molecule has 0 saturated carbocycles. The van der Waals surface area contributed by atoms with E-state index < -0.39 is 0 Å². The Bertz CT molecular complexity index is 587. The molecule has 1 aromatic carbocycles. The maximum absolute atomic E-state index is 11.6. The van der Waals surface area contributed by atoms with E-state index in [-0.39, 0.29) is 5.91 Å². The first-order valence-electron chi connectivity index (χ1n) is 6.46. The zero-order chi connectivity index (χ0) is 15.1. The largest absolute Gasteiger partial charge is 0.467 e. The zero-order valence-electron chi connectivity index (χ0n) is 11.3. The normalized spacial score (nSPS) is 10.6. The molecule has 21 heavy (non-hydrogen) atoms. The molecular formula is C15H15Cl2NO2S. The van der Waals surface area contributed by atoms with Crippen LogP contribution < -0.4 is 5.32 Å². The second-order valence-corrected chi connectivity index (χ2v) is 6.33. The third-order valence-corrected chi connectivity index (χ3v) is 4.54. The van der Waals surface area contributed by atoms with E-state index in [1.807, 2.05) is 18.2 Å². The van der Waals surface area contributed by atoms with Gasteiger partial charge < -0.3 is 9.73 Å². The van der Waals surface area contributed by atoms with Gasteiger partial charge in [0.1, 0.15) is 5.76 Å². The van der Waals surface area contributed by atoms with Crippen LogP contribution in [-0.4, -0.2) is 11.7 Å². The average Bonchev–Trinajstić information content (AvgIpc) is 2.98. The van der Waals surface area contributed by atoms with Crippen LogP contribution in [0.1, 0.15) is 17.7 Å². The Balaban J connectivity index is 1.62. The number of amides is 1. The maximum Gasteiger partial charge on any atom is 0.221 e. The minimum absolute atomic E-state index is 0.0213. The highest BCUT2D eigenvalue weighted by Crippen LogP contribution is 2.24. The summed E-state index contributed by atoms with van der Waals surface area (Å²) >= 11 is 13.5. The lowest BCUT2D eigenvalue weighted by molar-refractivity contribution is -0.120. The van der Waals surface area contributed by atoms with E-state index in [0.717, 1.165) is 22.8 Å². The van der Waals surface area contributed by atoms with E-state index in [2.05, 4.69) is 5.32 Å². The molecular weight excluding hydrogens is 329 g/mol. The standard InChI is InChI=1S/C15H15Cl2NO2S/c16-13-4-3-11(8-14(13)17)10-21-7-5-15(19)18-9-12-2-1-6-20-12/h1-4,6,8H,5,7,9-10H2,(H,18,19). The summed E-state index contributed by atoms with van der Waals surface area (Å²) < 4.78 is 5.14. The fourth-order valence-electron chi connectivity index (χ4n) is 1.67. The molecule has 112 valence electrons. The highest BCUT2D eigenvalue weighted by molar-refractivity contribution is 7.98. The number of hydrogen-bond acceptors (Lipinski definition) is 3. The van der Waals surface area contributed by atoms with Crippen LogP contribution in [0.4, 0.5) is 0 Å². The molecule has 1 aromatic heterocycles. The van der Waals surface area contributed by atoms with Gasteiger partial charge in [-0.05, 0) is 29.8 Å². The van der Waals surface area contributed by atoms with Crippen LogP contribution in [0, 0.1) is 0 Å². The van der Waals surface area contributed by atoms with E-state index in [1.54, 1.807) is 30.2 Å². The molecule has 0 spiro atoms. The Morgan fingerprint density at radius 2 is 2.10 bits per heavy atom. The fraction of sp³-hybridized carbons (Fsp3) is 0.267. The summed E-state index contributed by atoms with van der Waals surface area (Å²) in [7, 11) is 0. The van der Waals surface area contributed by atoms with Crippen LogP contribution in [-0.2, 0) is 17.1 Å². The van der Waals surface area contributed by atoms with Gasteiger partial charge in [0.25, 0.3) is 0 Å². The van der Waals surface area contributed by atoms with E-state index in [1.165, 1.54) is 0 Å². The van der Waals surface area contributed by atoms with Gasteiger partial charge in [0, 0.05) is 17.9 Å². The van der Waals surface area contributed by atoms with Gasteiger partial charge in [0.15, 0.2) is 0 Å². The van der Waals surface area contributed by atoms with Gasteiger partial charge in [-0.2, -0.15) is 11.8 Å². The number of halogens is 2. The topological polar surface area (TPSA) is 42.2 Å². The molecule has 0 unspecified atom stereocenters. The molecule has 0 radical (unpaired) electrons. The summed E-state index contributed by atoms with van der Waals surface area (Å²) in [6, 6.07) is 9.22. The molecule has 1 N–H and O–H groups in total. The molecule has 1 heterocycles. The predicted molar refractivity (Wildman–Crippen MR) is 87.8 cm³/mol. The van der Waals surface area contributed by atoms with E-state index in [0.29, 0.717) is 23.0 Å². The summed E-state index contributed by atoms with van der Waals surface area (Å²) in [5.74, 6) is 2.34. The lowest BCUT2D eigenvalue weighted by Gasteiger charge is -2.05. The van der Waals surface area contributed by atoms with Crippen LogP contribution in [0.25, 0.3) is 0 Å². The number of rotatable bonds is 7. The number of nitrogens with one attached hydrogen (secondary N) is 1. The molecule has 0 aliphatic heterocycles. The second kappa shape index (κ2) is 8.37. The third kappa shape index (κ3) is 5.65. The van der Waals surface area contributed by atoms with Crippen molar-refractivity contribution >= 4 is 40.9 Å². The monoisotopic (exact) mass is 343 g/mol. The van der Waals surface area contributed by atoms with Crippen LogP contribution >= 0.6 is 35.0 Å². The van der Waals surface area contributed by atoms with Crippen molar-refractivity contribution < 1.29 is 9.21 Å². The van der Waals surface area contributed by atoms with Crippen molar-refractivity contribution in [3.05, 3.63) is 58.0 Å². The van der Waals surface area contributed by atoms with Gasteiger partial charge in [-0.25, -0.2) is 0 Å². The molecule has 2 rings (SSSR count). The first kappa shape index (κ1) is 16.3. The number of carbonyl (C=O) groups excluding carboxylic acids is 1.